The van der Waals surface area contributed by atoms with Gasteiger partial charge in [-0.25, -0.2) is 4.39 Å². The Labute approximate surface area is 197 Å². The summed E-state index contributed by atoms with van der Waals surface area (Å²) in [6.07, 6.45) is 0. The van der Waals surface area contributed by atoms with E-state index in [4.69, 9.17) is 21.7 Å². The predicted molar refractivity (Wildman–Crippen MR) is 132 cm³/mol. The zero-order valence-electron chi connectivity index (χ0n) is 17.9. The molecule has 0 aliphatic heterocycles. The van der Waals surface area contributed by atoms with Gasteiger partial charge in [0.1, 0.15) is 11.5 Å². The summed E-state index contributed by atoms with van der Waals surface area (Å²) in [5.74, 6) is 0.802. The number of fused-ring (bicyclic) bond motifs is 3. The summed E-state index contributed by atoms with van der Waals surface area (Å²) >= 11 is 7.14. The average Bonchev–Trinajstić information content (AvgIpc) is 3.19. The van der Waals surface area contributed by atoms with Gasteiger partial charge in [0.15, 0.2) is 15.5 Å². The summed E-state index contributed by atoms with van der Waals surface area (Å²) in [7, 11) is 3.15. The molecule has 0 unspecified atom stereocenters. The Morgan fingerprint density at radius 1 is 0.970 bits per heavy atom. The zero-order valence-corrected chi connectivity index (χ0v) is 19.5. The lowest BCUT2D eigenvalue weighted by molar-refractivity contribution is 0.355. The van der Waals surface area contributed by atoms with E-state index in [9.17, 15) is 9.18 Å². The highest BCUT2D eigenvalue weighted by Gasteiger charge is 2.20. The van der Waals surface area contributed by atoms with E-state index in [1.54, 1.807) is 43.1 Å². The first-order chi connectivity index (χ1) is 16.0. The van der Waals surface area contributed by atoms with Gasteiger partial charge in [-0.1, -0.05) is 30.3 Å². The van der Waals surface area contributed by atoms with Crippen LogP contribution in [0.2, 0.25) is 0 Å². The molecular formula is C25H19FN2O3S2. The Hall–Kier alpha value is -3.49. The molecule has 3 aromatic carbocycles. The SMILES string of the molecule is COc1ccc(-c2sc(=S)n3c4ccccc4c(=O)n(Cc4ccccc4F)c23)cc1OC. The van der Waals surface area contributed by atoms with Crippen molar-refractivity contribution in [3.8, 4) is 21.9 Å². The van der Waals surface area contributed by atoms with Crippen molar-refractivity contribution in [2.75, 3.05) is 14.2 Å². The van der Waals surface area contributed by atoms with E-state index in [1.807, 2.05) is 40.8 Å². The van der Waals surface area contributed by atoms with Crippen molar-refractivity contribution < 1.29 is 13.9 Å². The molecule has 2 aromatic heterocycles. The van der Waals surface area contributed by atoms with Crippen molar-refractivity contribution in [2.45, 2.75) is 6.54 Å². The highest BCUT2D eigenvalue weighted by atomic mass is 32.1. The van der Waals surface area contributed by atoms with Crippen molar-refractivity contribution in [3.63, 3.8) is 0 Å². The molecule has 166 valence electrons. The van der Waals surface area contributed by atoms with Crippen LogP contribution >= 0.6 is 23.6 Å². The predicted octanol–water partition coefficient (Wildman–Crippen LogP) is 5.92. The second-order valence-corrected chi connectivity index (χ2v) is 9.07. The van der Waals surface area contributed by atoms with Crippen LogP contribution in [-0.4, -0.2) is 23.2 Å². The molecule has 0 amide bonds. The van der Waals surface area contributed by atoms with E-state index in [1.165, 1.54) is 17.4 Å². The van der Waals surface area contributed by atoms with Crippen LogP contribution in [0, 0.1) is 9.77 Å². The molecule has 0 N–H and O–H groups in total. The van der Waals surface area contributed by atoms with Crippen molar-refractivity contribution in [3.05, 3.63) is 92.4 Å². The van der Waals surface area contributed by atoms with Crippen LogP contribution in [0.4, 0.5) is 4.39 Å². The van der Waals surface area contributed by atoms with E-state index in [-0.39, 0.29) is 17.9 Å². The molecule has 0 atom stereocenters. The van der Waals surface area contributed by atoms with Gasteiger partial charge in [0.05, 0.1) is 36.5 Å². The third-order valence-corrected chi connectivity index (χ3v) is 7.01. The minimum atomic E-state index is -0.364. The van der Waals surface area contributed by atoms with Gasteiger partial charge in [0, 0.05) is 5.56 Å². The van der Waals surface area contributed by atoms with Crippen LogP contribution < -0.4 is 15.0 Å². The van der Waals surface area contributed by atoms with Gasteiger partial charge in [-0.2, -0.15) is 0 Å². The van der Waals surface area contributed by atoms with Crippen LogP contribution in [0.3, 0.4) is 0 Å². The van der Waals surface area contributed by atoms with E-state index < -0.39 is 0 Å². The largest absolute Gasteiger partial charge is 0.493 e. The van der Waals surface area contributed by atoms with E-state index >= 15 is 0 Å². The van der Waals surface area contributed by atoms with E-state index in [0.29, 0.717) is 32.1 Å². The fourth-order valence-corrected chi connectivity index (χ4v) is 5.45. The summed E-state index contributed by atoms with van der Waals surface area (Å²) in [6.45, 7) is 0.0750. The fourth-order valence-electron chi connectivity index (χ4n) is 4.02. The molecule has 0 aliphatic carbocycles. The molecule has 2 heterocycles. The standard InChI is InChI=1S/C25H19FN2O3S2/c1-30-20-12-11-15(13-21(20)31-2)22-23-27(14-16-7-3-5-9-18(16)26)24(29)17-8-4-6-10-19(17)28(23)25(32)33-22/h3-13H,14H2,1-2H3. The highest BCUT2D eigenvalue weighted by molar-refractivity contribution is 7.73. The monoisotopic (exact) mass is 478 g/mol. The lowest BCUT2D eigenvalue weighted by Crippen LogP contribution is -2.24. The topological polar surface area (TPSA) is 44.9 Å². The second kappa shape index (κ2) is 8.46. The van der Waals surface area contributed by atoms with Gasteiger partial charge in [0.2, 0.25) is 0 Å². The quantitative estimate of drug-likeness (QED) is 0.294. The molecule has 0 bridgehead atoms. The second-order valence-electron chi connectivity index (χ2n) is 7.43. The van der Waals surface area contributed by atoms with Crippen molar-refractivity contribution >= 4 is 40.1 Å². The van der Waals surface area contributed by atoms with Crippen molar-refractivity contribution in [1.29, 1.82) is 0 Å². The van der Waals surface area contributed by atoms with Crippen molar-refractivity contribution in [2.24, 2.45) is 0 Å². The van der Waals surface area contributed by atoms with Crippen LogP contribution in [0.5, 0.6) is 11.5 Å². The zero-order chi connectivity index (χ0) is 23.1. The fraction of sp³-hybridized carbons (Fsp3) is 0.120. The minimum Gasteiger partial charge on any atom is -0.493 e. The number of halogens is 1. The molecule has 5 aromatic rings. The number of aromatic nitrogens is 2. The van der Waals surface area contributed by atoms with Crippen molar-refractivity contribution in [1.82, 2.24) is 8.97 Å². The summed E-state index contributed by atoms with van der Waals surface area (Å²) in [6, 6.07) is 19.4. The number of nitrogens with zero attached hydrogens (tertiary/aromatic N) is 2. The molecule has 8 heteroatoms. The average molecular weight is 479 g/mol. The molecular weight excluding hydrogens is 459 g/mol. The maximum atomic E-state index is 14.6. The van der Waals surface area contributed by atoms with Gasteiger partial charge in [-0.05, 0) is 54.2 Å². The van der Waals surface area contributed by atoms with E-state index in [2.05, 4.69) is 0 Å². The number of thiazole rings is 1. The first-order valence-corrected chi connectivity index (χ1v) is 11.4. The lowest BCUT2D eigenvalue weighted by Gasteiger charge is -2.14. The maximum Gasteiger partial charge on any atom is 0.261 e. The minimum absolute atomic E-state index is 0.0750. The number of para-hydroxylation sites is 1. The summed E-state index contributed by atoms with van der Waals surface area (Å²) in [5.41, 5.74) is 2.37. The molecule has 5 nitrogen and oxygen atoms in total. The molecule has 0 saturated carbocycles. The molecule has 0 saturated heterocycles. The third kappa shape index (κ3) is 3.51. The Morgan fingerprint density at radius 2 is 1.70 bits per heavy atom. The van der Waals surface area contributed by atoms with Crippen LogP contribution in [0.15, 0.2) is 71.5 Å². The number of rotatable bonds is 5. The van der Waals surface area contributed by atoms with Gasteiger partial charge in [0.25, 0.3) is 5.56 Å². The Balaban J connectivity index is 1.89. The van der Waals surface area contributed by atoms with Gasteiger partial charge < -0.3 is 9.47 Å². The van der Waals surface area contributed by atoms with Crippen LogP contribution in [0.1, 0.15) is 5.56 Å². The summed E-state index contributed by atoms with van der Waals surface area (Å²) in [5, 5.41) is 0.522. The number of methoxy groups -OCH3 is 2. The number of ether oxygens (including phenoxy) is 2. The molecule has 0 aliphatic rings. The maximum absolute atomic E-state index is 14.6. The number of hydrogen-bond donors (Lipinski definition) is 0. The van der Waals surface area contributed by atoms with E-state index in [0.717, 1.165) is 16.0 Å². The molecule has 0 radical (unpaired) electrons. The smallest absolute Gasteiger partial charge is 0.261 e. The Bertz CT molecular complexity index is 1640. The van der Waals surface area contributed by atoms with Gasteiger partial charge in [-0.3, -0.25) is 13.8 Å². The molecule has 5 rings (SSSR count). The summed E-state index contributed by atoms with van der Waals surface area (Å²) < 4.78 is 29.5. The number of benzene rings is 3. The molecule has 33 heavy (non-hydrogen) atoms. The third-order valence-electron chi connectivity index (χ3n) is 5.60. The lowest BCUT2D eigenvalue weighted by atomic mass is 10.1. The highest BCUT2D eigenvalue weighted by Crippen LogP contribution is 2.38. The van der Waals surface area contributed by atoms with Crippen LogP contribution in [0.25, 0.3) is 27.0 Å². The normalized spacial score (nSPS) is 11.2. The Morgan fingerprint density at radius 3 is 2.45 bits per heavy atom. The van der Waals surface area contributed by atoms with Crippen LogP contribution in [-0.2, 0) is 6.54 Å². The number of hydrogen-bond acceptors (Lipinski definition) is 5. The molecule has 0 fully saturated rings. The Kier molecular flexibility index (Phi) is 5.47. The van der Waals surface area contributed by atoms with Gasteiger partial charge >= 0.3 is 0 Å². The summed E-state index contributed by atoms with van der Waals surface area (Å²) in [4.78, 5) is 14.4. The first kappa shape index (κ1) is 21.4. The molecule has 0 spiro atoms. The van der Waals surface area contributed by atoms with Gasteiger partial charge in [-0.15, -0.1) is 11.3 Å². The first-order valence-electron chi connectivity index (χ1n) is 10.2.